The van der Waals surface area contributed by atoms with Crippen molar-refractivity contribution in [3.05, 3.63) is 59.9 Å². The second kappa shape index (κ2) is 5.85. The van der Waals surface area contributed by atoms with Crippen LogP contribution in [-0.4, -0.2) is 38.6 Å². The van der Waals surface area contributed by atoms with Gasteiger partial charge in [0.2, 0.25) is 0 Å². The van der Waals surface area contributed by atoms with E-state index in [9.17, 15) is 23.1 Å². The molecule has 130 valence electrons. The lowest BCUT2D eigenvalue weighted by molar-refractivity contribution is -0.297. The lowest BCUT2D eigenvalue weighted by Crippen LogP contribution is -2.56. The Morgan fingerprint density at radius 1 is 1.16 bits per heavy atom. The molecule has 9 heteroatoms. The van der Waals surface area contributed by atoms with Crippen molar-refractivity contribution in [1.82, 2.24) is 9.99 Å². The predicted octanol–water partition coefficient (Wildman–Crippen LogP) is 2.16. The number of carbonyl (C=O) groups is 1. The topological polar surface area (TPSA) is 91.8 Å². The molecule has 0 spiro atoms. The number of alkyl halides is 3. The SMILES string of the molecule is Nc1ccc(C(=O)N2N=C(c3ccncc3)CC2(O)C(F)(F)F)cc1. The summed E-state index contributed by atoms with van der Waals surface area (Å²) < 4.78 is 40.4. The average molecular weight is 350 g/mol. The van der Waals surface area contributed by atoms with Gasteiger partial charge in [0.25, 0.3) is 11.6 Å². The molecule has 1 unspecified atom stereocenters. The number of anilines is 1. The van der Waals surface area contributed by atoms with E-state index in [1.807, 2.05) is 0 Å². The number of aliphatic hydroxyl groups is 1. The number of nitrogen functional groups attached to an aromatic ring is 1. The first kappa shape index (κ1) is 16.9. The molecule has 0 radical (unpaired) electrons. The van der Waals surface area contributed by atoms with Crippen LogP contribution in [0.1, 0.15) is 22.3 Å². The second-order valence-electron chi connectivity index (χ2n) is 5.51. The number of halogens is 3. The summed E-state index contributed by atoms with van der Waals surface area (Å²) in [7, 11) is 0. The standard InChI is InChI=1S/C16H13F3N4O2/c17-16(18,19)15(25)9-13(10-5-7-21-8-6-10)22-23(15)14(24)11-1-3-12(20)4-2-11/h1-8,25H,9,20H2. The van der Waals surface area contributed by atoms with Crippen LogP contribution >= 0.6 is 0 Å². The molecule has 1 aliphatic heterocycles. The fourth-order valence-electron chi connectivity index (χ4n) is 2.43. The highest BCUT2D eigenvalue weighted by molar-refractivity contribution is 6.05. The zero-order valence-electron chi connectivity index (χ0n) is 12.7. The average Bonchev–Trinajstić information content (AvgIpc) is 2.95. The van der Waals surface area contributed by atoms with Gasteiger partial charge in [-0.3, -0.25) is 9.78 Å². The van der Waals surface area contributed by atoms with Crippen molar-refractivity contribution in [2.24, 2.45) is 5.10 Å². The number of amides is 1. The third-order valence-corrected chi connectivity index (χ3v) is 3.80. The molecule has 1 aliphatic rings. The summed E-state index contributed by atoms with van der Waals surface area (Å²) >= 11 is 0. The quantitative estimate of drug-likeness (QED) is 0.812. The van der Waals surface area contributed by atoms with Gasteiger partial charge < -0.3 is 10.8 Å². The summed E-state index contributed by atoms with van der Waals surface area (Å²) in [5.74, 6) is -1.08. The molecular formula is C16H13F3N4O2. The normalized spacial score (nSPS) is 20.5. The Labute approximate surface area is 140 Å². The van der Waals surface area contributed by atoms with Gasteiger partial charge in [-0.05, 0) is 36.4 Å². The number of benzene rings is 1. The molecule has 0 saturated carbocycles. The largest absolute Gasteiger partial charge is 0.438 e. The first-order valence-corrected chi connectivity index (χ1v) is 7.19. The first-order chi connectivity index (χ1) is 11.7. The maximum atomic E-state index is 13.5. The molecule has 3 N–H and O–H groups in total. The summed E-state index contributed by atoms with van der Waals surface area (Å²) in [4.78, 5) is 16.3. The molecule has 1 amide bonds. The van der Waals surface area contributed by atoms with E-state index >= 15 is 0 Å². The fraction of sp³-hybridized carbons (Fsp3) is 0.188. The van der Waals surface area contributed by atoms with Gasteiger partial charge in [0, 0.05) is 29.2 Å². The molecule has 25 heavy (non-hydrogen) atoms. The number of carbonyl (C=O) groups excluding carboxylic acids is 1. The molecule has 3 rings (SSSR count). The van der Waals surface area contributed by atoms with Gasteiger partial charge >= 0.3 is 6.18 Å². The van der Waals surface area contributed by atoms with Crippen molar-refractivity contribution in [3.63, 3.8) is 0 Å². The van der Waals surface area contributed by atoms with Gasteiger partial charge in [-0.15, -0.1) is 0 Å². The van der Waals surface area contributed by atoms with Gasteiger partial charge in [-0.2, -0.15) is 23.3 Å². The number of aromatic nitrogens is 1. The maximum absolute atomic E-state index is 13.5. The van der Waals surface area contributed by atoms with E-state index in [4.69, 9.17) is 5.73 Å². The summed E-state index contributed by atoms with van der Waals surface area (Å²) in [5, 5.41) is 14.1. The van der Waals surface area contributed by atoms with Crippen LogP contribution in [0.5, 0.6) is 0 Å². The Morgan fingerprint density at radius 2 is 1.76 bits per heavy atom. The van der Waals surface area contributed by atoms with Crippen LogP contribution in [0.2, 0.25) is 0 Å². The smallest absolute Gasteiger partial charge is 0.399 e. The van der Waals surface area contributed by atoms with Gasteiger partial charge in [0.15, 0.2) is 0 Å². The Kier molecular flexibility index (Phi) is 3.96. The van der Waals surface area contributed by atoms with Crippen molar-refractivity contribution in [2.45, 2.75) is 18.3 Å². The van der Waals surface area contributed by atoms with E-state index in [0.717, 1.165) is 0 Å². The van der Waals surface area contributed by atoms with Crippen molar-refractivity contribution < 1.29 is 23.1 Å². The molecule has 0 fully saturated rings. The van der Waals surface area contributed by atoms with E-state index in [-0.39, 0.29) is 16.3 Å². The van der Waals surface area contributed by atoms with E-state index in [0.29, 0.717) is 11.3 Å². The lowest BCUT2D eigenvalue weighted by atomic mass is 10.0. The summed E-state index contributed by atoms with van der Waals surface area (Å²) in [6.45, 7) is 0. The van der Waals surface area contributed by atoms with E-state index in [1.54, 1.807) is 0 Å². The predicted molar refractivity (Wildman–Crippen MR) is 83.4 cm³/mol. The third-order valence-electron chi connectivity index (χ3n) is 3.80. The zero-order chi connectivity index (χ0) is 18.2. The minimum atomic E-state index is -5.09. The Balaban J connectivity index is 2.04. The van der Waals surface area contributed by atoms with Crippen LogP contribution in [0.25, 0.3) is 0 Å². The van der Waals surface area contributed by atoms with Crippen molar-refractivity contribution >= 4 is 17.3 Å². The molecule has 2 aromatic rings. The maximum Gasteiger partial charge on any atom is 0.438 e. The number of nitrogens with two attached hydrogens (primary N) is 1. The van der Waals surface area contributed by atoms with Crippen LogP contribution in [0.15, 0.2) is 53.9 Å². The Bertz CT molecular complexity index is 822. The minimum absolute atomic E-state index is 0.0639. The first-order valence-electron chi connectivity index (χ1n) is 7.19. The number of hydrazone groups is 1. The number of hydrogen-bond donors (Lipinski definition) is 2. The summed E-state index contributed by atoms with van der Waals surface area (Å²) in [6.07, 6.45) is -3.19. The highest BCUT2D eigenvalue weighted by Crippen LogP contribution is 2.41. The summed E-state index contributed by atoms with van der Waals surface area (Å²) in [5.41, 5.74) is 2.64. The molecule has 0 bridgehead atoms. The van der Waals surface area contributed by atoms with Crippen molar-refractivity contribution in [1.29, 1.82) is 0 Å². The van der Waals surface area contributed by atoms with Crippen LogP contribution in [0.3, 0.4) is 0 Å². The van der Waals surface area contributed by atoms with Gasteiger partial charge in [0.1, 0.15) is 0 Å². The molecule has 6 nitrogen and oxygen atoms in total. The monoisotopic (exact) mass is 350 g/mol. The molecule has 1 aromatic heterocycles. The van der Waals surface area contributed by atoms with Crippen molar-refractivity contribution in [3.8, 4) is 0 Å². The highest BCUT2D eigenvalue weighted by Gasteiger charge is 2.63. The highest BCUT2D eigenvalue weighted by atomic mass is 19.4. The molecule has 0 saturated heterocycles. The second-order valence-corrected chi connectivity index (χ2v) is 5.51. The molecule has 1 aromatic carbocycles. The fourth-order valence-corrected chi connectivity index (χ4v) is 2.43. The van der Waals surface area contributed by atoms with Crippen LogP contribution in [-0.2, 0) is 0 Å². The van der Waals surface area contributed by atoms with Crippen molar-refractivity contribution in [2.75, 3.05) is 5.73 Å². The molecular weight excluding hydrogens is 337 g/mol. The molecule has 1 atom stereocenters. The number of nitrogens with zero attached hydrogens (tertiary/aromatic N) is 3. The van der Waals surface area contributed by atoms with E-state index in [1.165, 1.54) is 48.8 Å². The number of rotatable bonds is 2. The van der Waals surface area contributed by atoms with Gasteiger partial charge in [0.05, 0.1) is 12.1 Å². The number of hydrogen-bond acceptors (Lipinski definition) is 5. The summed E-state index contributed by atoms with van der Waals surface area (Å²) in [6, 6.07) is 8.20. The van der Waals surface area contributed by atoms with Crippen LogP contribution in [0, 0.1) is 0 Å². The Hall–Kier alpha value is -2.94. The lowest BCUT2D eigenvalue weighted by Gasteiger charge is -2.32. The third kappa shape index (κ3) is 2.93. The van der Waals surface area contributed by atoms with Crippen LogP contribution < -0.4 is 5.73 Å². The Morgan fingerprint density at radius 3 is 2.32 bits per heavy atom. The van der Waals surface area contributed by atoms with E-state index < -0.39 is 24.2 Å². The van der Waals surface area contributed by atoms with E-state index in [2.05, 4.69) is 10.1 Å². The molecule has 2 heterocycles. The zero-order valence-corrected chi connectivity index (χ0v) is 12.7. The van der Waals surface area contributed by atoms with Gasteiger partial charge in [-0.1, -0.05) is 0 Å². The van der Waals surface area contributed by atoms with Gasteiger partial charge in [-0.25, -0.2) is 0 Å². The number of pyridine rings is 1. The van der Waals surface area contributed by atoms with Crippen LogP contribution in [0.4, 0.5) is 18.9 Å². The minimum Gasteiger partial charge on any atom is -0.399 e. The molecule has 0 aliphatic carbocycles.